The molecule has 0 unspecified atom stereocenters. The van der Waals surface area contributed by atoms with Gasteiger partial charge in [-0.05, 0) is 44.3 Å². The average Bonchev–Trinajstić information content (AvgIpc) is 3.13. The van der Waals surface area contributed by atoms with Gasteiger partial charge in [0.05, 0.1) is 17.1 Å². The molecule has 0 bridgehead atoms. The molecule has 0 spiro atoms. The van der Waals surface area contributed by atoms with E-state index in [1.165, 1.54) is 0 Å². The van der Waals surface area contributed by atoms with Crippen LogP contribution in [0, 0.1) is 6.92 Å². The summed E-state index contributed by atoms with van der Waals surface area (Å²) in [5.74, 6) is 0.124. The molecular formula is C23H26ClN3OS. The molecule has 1 aromatic heterocycles. The number of amides is 1. The number of hydrogen-bond acceptors (Lipinski definition) is 4. The maximum Gasteiger partial charge on any atom is 0.227 e. The maximum absolute atomic E-state index is 13.0. The highest BCUT2D eigenvalue weighted by Gasteiger charge is 2.15. The first-order valence-corrected chi connectivity index (χ1v) is 10.8. The van der Waals surface area contributed by atoms with Gasteiger partial charge in [-0.1, -0.05) is 48.0 Å². The first-order chi connectivity index (χ1) is 13.9. The summed E-state index contributed by atoms with van der Waals surface area (Å²) in [7, 11) is 4.04. The number of aromatic nitrogens is 1. The summed E-state index contributed by atoms with van der Waals surface area (Å²) < 4.78 is 0. The number of halogens is 1. The fourth-order valence-electron chi connectivity index (χ4n) is 3.00. The summed E-state index contributed by atoms with van der Waals surface area (Å²) >= 11 is 7.63. The Morgan fingerprint density at radius 3 is 2.24 bits per heavy atom. The van der Waals surface area contributed by atoms with Gasteiger partial charge in [0.25, 0.3) is 0 Å². The molecule has 2 aromatic carbocycles. The molecule has 0 atom stereocenters. The molecule has 0 aliphatic carbocycles. The molecule has 1 heterocycles. The Balaban J connectivity index is 1.68. The van der Waals surface area contributed by atoms with Gasteiger partial charge in [0.15, 0.2) is 0 Å². The molecule has 4 nitrogen and oxygen atoms in total. The van der Waals surface area contributed by atoms with Gasteiger partial charge in [0.1, 0.15) is 0 Å². The van der Waals surface area contributed by atoms with Crippen LogP contribution in [0.25, 0.3) is 11.3 Å². The van der Waals surface area contributed by atoms with Gasteiger partial charge in [0, 0.05) is 35.6 Å². The predicted octanol–water partition coefficient (Wildman–Crippen LogP) is 4.90. The monoisotopic (exact) mass is 427 g/mol. The Labute approximate surface area is 181 Å². The fraction of sp³-hybridized carbons (Fsp3) is 0.304. The van der Waals surface area contributed by atoms with Crippen molar-refractivity contribution in [1.82, 2.24) is 14.8 Å². The number of carbonyl (C=O) groups excluding carboxylic acids is 1. The summed E-state index contributed by atoms with van der Waals surface area (Å²) in [6, 6.07) is 15.8. The lowest BCUT2D eigenvalue weighted by atomic mass is 10.1. The lowest BCUT2D eigenvalue weighted by molar-refractivity contribution is -0.131. The van der Waals surface area contributed by atoms with E-state index in [1.807, 2.05) is 74.4 Å². The van der Waals surface area contributed by atoms with Crippen LogP contribution in [0.2, 0.25) is 5.02 Å². The van der Waals surface area contributed by atoms with Crippen LogP contribution < -0.4 is 0 Å². The first-order valence-electron chi connectivity index (χ1n) is 9.59. The molecule has 29 heavy (non-hydrogen) atoms. The third-order valence-corrected chi connectivity index (χ3v) is 5.71. The van der Waals surface area contributed by atoms with E-state index < -0.39 is 0 Å². The Bertz CT molecular complexity index is 936. The van der Waals surface area contributed by atoms with E-state index in [-0.39, 0.29) is 5.91 Å². The second-order valence-corrected chi connectivity index (χ2v) is 8.87. The highest BCUT2D eigenvalue weighted by atomic mass is 35.5. The molecule has 0 saturated carbocycles. The smallest absolute Gasteiger partial charge is 0.227 e. The van der Waals surface area contributed by atoms with Gasteiger partial charge in [-0.15, -0.1) is 11.3 Å². The van der Waals surface area contributed by atoms with Gasteiger partial charge < -0.3 is 9.80 Å². The minimum Gasteiger partial charge on any atom is -0.337 e. The molecule has 1 amide bonds. The Kier molecular flexibility index (Phi) is 7.42. The number of hydrogen-bond donors (Lipinski definition) is 0. The Hall–Kier alpha value is -2.21. The highest BCUT2D eigenvalue weighted by molar-refractivity contribution is 7.09. The van der Waals surface area contributed by atoms with Crippen molar-refractivity contribution in [3.05, 3.63) is 75.1 Å². The molecule has 0 radical (unpaired) electrons. The summed E-state index contributed by atoms with van der Waals surface area (Å²) in [5, 5.41) is 3.82. The zero-order chi connectivity index (χ0) is 20.8. The molecule has 0 aliphatic heterocycles. The van der Waals surface area contributed by atoms with Crippen molar-refractivity contribution in [3.8, 4) is 11.3 Å². The standard InChI is InChI=1S/C23H26ClN3OS/c1-17-25-22(16-29-17)20-8-4-18(5-9-20)14-23(28)27(13-12-26(2)3)15-19-6-10-21(24)11-7-19/h4-11,16H,12-15H2,1-3H3. The van der Waals surface area contributed by atoms with Crippen molar-refractivity contribution in [3.63, 3.8) is 0 Å². The van der Waals surface area contributed by atoms with E-state index in [9.17, 15) is 4.79 Å². The van der Waals surface area contributed by atoms with E-state index in [4.69, 9.17) is 11.6 Å². The second kappa shape index (κ2) is 10.0. The Morgan fingerprint density at radius 2 is 1.66 bits per heavy atom. The molecule has 3 rings (SSSR count). The van der Waals surface area contributed by atoms with E-state index >= 15 is 0 Å². The molecule has 0 N–H and O–H groups in total. The summed E-state index contributed by atoms with van der Waals surface area (Å²) in [6.07, 6.45) is 0.386. The molecule has 152 valence electrons. The van der Waals surface area contributed by atoms with Crippen LogP contribution in [0.3, 0.4) is 0 Å². The number of nitrogens with zero attached hydrogens (tertiary/aromatic N) is 3. The molecule has 0 saturated heterocycles. The zero-order valence-corrected chi connectivity index (χ0v) is 18.6. The van der Waals surface area contributed by atoms with Crippen molar-refractivity contribution in [2.24, 2.45) is 0 Å². The van der Waals surface area contributed by atoms with Crippen molar-refractivity contribution < 1.29 is 4.79 Å². The maximum atomic E-state index is 13.0. The second-order valence-electron chi connectivity index (χ2n) is 7.37. The summed E-state index contributed by atoms with van der Waals surface area (Å²) in [5.41, 5.74) is 4.16. The van der Waals surface area contributed by atoms with Gasteiger partial charge >= 0.3 is 0 Å². The predicted molar refractivity (Wildman–Crippen MR) is 121 cm³/mol. The minimum atomic E-state index is 0.124. The van der Waals surface area contributed by atoms with Gasteiger partial charge in [-0.25, -0.2) is 4.98 Å². The molecule has 3 aromatic rings. The van der Waals surface area contributed by atoms with Crippen LogP contribution in [0.1, 0.15) is 16.1 Å². The molecular weight excluding hydrogens is 402 g/mol. The normalized spacial score (nSPS) is 11.1. The number of benzene rings is 2. The largest absolute Gasteiger partial charge is 0.337 e. The number of aryl methyl sites for hydroxylation is 1. The van der Waals surface area contributed by atoms with E-state index in [0.717, 1.165) is 33.9 Å². The lowest BCUT2D eigenvalue weighted by Gasteiger charge is -2.25. The number of thiazole rings is 1. The van der Waals surface area contributed by atoms with Crippen molar-refractivity contribution in [2.45, 2.75) is 19.9 Å². The first kappa shape index (κ1) is 21.5. The number of rotatable bonds is 8. The lowest BCUT2D eigenvalue weighted by Crippen LogP contribution is -2.37. The fourth-order valence-corrected chi connectivity index (χ4v) is 3.75. The van der Waals surface area contributed by atoms with Crippen LogP contribution in [0.5, 0.6) is 0 Å². The minimum absolute atomic E-state index is 0.124. The Morgan fingerprint density at radius 1 is 1.00 bits per heavy atom. The summed E-state index contributed by atoms with van der Waals surface area (Å²) in [6.45, 7) is 4.09. The third kappa shape index (κ3) is 6.39. The topological polar surface area (TPSA) is 36.4 Å². The van der Waals surface area contributed by atoms with Crippen molar-refractivity contribution in [2.75, 3.05) is 27.2 Å². The molecule has 0 aliphatic rings. The highest BCUT2D eigenvalue weighted by Crippen LogP contribution is 2.22. The average molecular weight is 428 g/mol. The van der Waals surface area contributed by atoms with Crippen molar-refractivity contribution >= 4 is 28.8 Å². The van der Waals surface area contributed by atoms with Crippen LogP contribution in [0.15, 0.2) is 53.9 Å². The van der Waals surface area contributed by atoms with Crippen LogP contribution >= 0.6 is 22.9 Å². The zero-order valence-electron chi connectivity index (χ0n) is 17.1. The third-order valence-electron chi connectivity index (χ3n) is 4.68. The van der Waals surface area contributed by atoms with Gasteiger partial charge in [-0.2, -0.15) is 0 Å². The number of carbonyl (C=O) groups is 1. The van der Waals surface area contributed by atoms with E-state index in [0.29, 0.717) is 24.5 Å². The molecule has 6 heteroatoms. The summed E-state index contributed by atoms with van der Waals surface area (Å²) in [4.78, 5) is 21.6. The number of likely N-dealkylation sites (N-methyl/N-ethyl adjacent to an activating group) is 1. The van der Waals surface area contributed by atoms with E-state index in [1.54, 1.807) is 11.3 Å². The van der Waals surface area contributed by atoms with E-state index in [2.05, 4.69) is 15.3 Å². The van der Waals surface area contributed by atoms with Crippen LogP contribution in [-0.4, -0.2) is 47.9 Å². The quantitative estimate of drug-likeness (QED) is 0.512. The van der Waals surface area contributed by atoms with Crippen LogP contribution in [0.4, 0.5) is 0 Å². The van der Waals surface area contributed by atoms with Crippen molar-refractivity contribution in [1.29, 1.82) is 0 Å². The van der Waals surface area contributed by atoms with Gasteiger partial charge in [-0.3, -0.25) is 4.79 Å². The van der Waals surface area contributed by atoms with Crippen LogP contribution in [-0.2, 0) is 17.8 Å². The SMILES string of the molecule is Cc1nc(-c2ccc(CC(=O)N(CCN(C)C)Cc3ccc(Cl)cc3)cc2)cs1. The van der Waals surface area contributed by atoms with Gasteiger partial charge in [0.2, 0.25) is 5.91 Å². The molecule has 0 fully saturated rings.